The number of rotatable bonds is 8. The second kappa shape index (κ2) is 10.5. The molecule has 2 heterocycles. The number of ether oxygens (including phenoxy) is 4. The highest BCUT2D eigenvalue weighted by Gasteiger charge is 2.51. The Morgan fingerprint density at radius 2 is 1.45 bits per heavy atom. The molecule has 1 aliphatic heterocycles. The van der Waals surface area contributed by atoms with Crippen LogP contribution in [0.2, 0.25) is 0 Å². The summed E-state index contributed by atoms with van der Waals surface area (Å²) in [7, 11) is 1.30. The van der Waals surface area contributed by atoms with Crippen LogP contribution in [0.15, 0.2) is 109 Å². The predicted molar refractivity (Wildman–Crippen MR) is 147 cm³/mol. The van der Waals surface area contributed by atoms with Gasteiger partial charge >= 0.3 is 5.97 Å². The van der Waals surface area contributed by atoms with E-state index in [1.54, 1.807) is 4.68 Å². The van der Waals surface area contributed by atoms with Crippen LogP contribution in [0.1, 0.15) is 47.2 Å². The Bertz CT molecular complexity index is 1400. The van der Waals surface area contributed by atoms with Gasteiger partial charge in [0.1, 0.15) is 30.2 Å². The van der Waals surface area contributed by atoms with Gasteiger partial charge in [0.05, 0.1) is 13.7 Å². The largest absolute Gasteiger partial charge is 0.463 e. The van der Waals surface area contributed by atoms with Crippen molar-refractivity contribution in [2.45, 2.75) is 43.5 Å². The third-order valence-corrected chi connectivity index (χ3v) is 7.39. The Balaban J connectivity index is 1.41. The number of esters is 1. The first kappa shape index (κ1) is 26.1. The van der Waals surface area contributed by atoms with Crippen molar-refractivity contribution in [2.24, 2.45) is 0 Å². The normalized spacial score (nSPS) is 21.6. The summed E-state index contributed by atoms with van der Waals surface area (Å²) >= 11 is 0. The van der Waals surface area contributed by atoms with Gasteiger partial charge in [0.2, 0.25) is 0 Å². The monoisotopic (exact) mass is 537 g/mol. The highest BCUT2D eigenvalue weighted by Crippen LogP contribution is 2.45. The second-order valence-electron chi connectivity index (χ2n) is 10.4. The number of hydrogen-bond acceptors (Lipinski definition) is 7. The Hall–Kier alpha value is -4.11. The van der Waals surface area contributed by atoms with E-state index < -0.39 is 17.4 Å². The maximum Gasteiger partial charge on any atom is 0.377 e. The van der Waals surface area contributed by atoms with Gasteiger partial charge in [0.25, 0.3) is 5.82 Å². The lowest BCUT2D eigenvalue weighted by atomic mass is 9.80. The van der Waals surface area contributed by atoms with Gasteiger partial charge in [-0.15, -0.1) is 5.10 Å². The van der Waals surface area contributed by atoms with Gasteiger partial charge in [-0.25, -0.2) is 14.5 Å². The molecule has 6 rings (SSSR count). The number of aromatic nitrogens is 3. The molecule has 3 aromatic carbocycles. The average Bonchev–Trinajstić information content (AvgIpc) is 3.68. The molecule has 3 atom stereocenters. The van der Waals surface area contributed by atoms with E-state index in [2.05, 4.69) is 46.5 Å². The van der Waals surface area contributed by atoms with Gasteiger partial charge in [-0.2, -0.15) is 0 Å². The number of benzene rings is 3. The molecule has 3 unspecified atom stereocenters. The maximum atomic E-state index is 12.0. The highest BCUT2D eigenvalue weighted by molar-refractivity contribution is 5.84. The zero-order valence-corrected chi connectivity index (χ0v) is 22.6. The summed E-state index contributed by atoms with van der Waals surface area (Å²) in [4.78, 5) is 16.1. The topological polar surface area (TPSA) is 84.7 Å². The molecule has 1 fully saturated rings. The first-order valence-corrected chi connectivity index (χ1v) is 13.3. The molecule has 0 bridgehead atoms. The second-order valence-corrected chi connectivity index (χ2v) is 10.4. The van der Waals surface area contributed by atoms with Crippen molar-refractivity contribution < 1.29 is 23.7 Å². The van der Waals surface area contributed by atoms with Crippen molar-refractivity contribution in [3.63, 3.8) is 0 Å². The minimum atomic E-state index is -0.876. The number of fused-ring (bicyclic) bond motifs is 1. The van der Waals surface area contributed by atoms with Gasteiger partial charge in [-0.05, 0) is 36.1 Å². The molecule has 1 aliphatic carbocycles. The predicted octanol–water partition coefficient (Wildman–Crippen LogP) is 5.07. The van der Waals surface area contributed by atoms with Gasteiger partial charge in [-0.3, -0.25) is 0 Å². The van der Waals surface area contributed by atoms with Crippen LogP contribution in [0, 0.1) is 0 Å². The van der Waals surface area contributed by atoms with E-state index in [9.17, 15) is 4.79 Å². The maximum absolute atomic E-state index is 12.0. The van der Waals surface area contributed by atoms with E-state index in [0.717, 1.165) is 22.3 Å². The van der Waals surface area contributed by atoms with Crippen molar-refractivity contribution in [1.82, 2.24) is 14.8 Å². The van der Waals surface area contributed by atoms with Crippen LogP contribution >= 0.6 is 0 Å². The summed E-state index contributed by atoms with van der Waals surface area (Å²) in [5, 5.41) is 4.37. The van der Waals surface area contributed by atoms with Crippen LogP contribution in [0.4, 0.5) is 0 Å². The fraction of sp³-hybridized carbons (Fsp3) is 0.281. The molecule has 40 heavy (non-hydrogen) atoms. The molecule has 4 aromatic rings. The zero-order valence-electron chi connectivity index (χ0n) is 22.6. The van der Waals surface area contributed by atoms with E-state index in [4.69, 9.17) is 18.9 Å². The van der Waals surface area contributed by atoms with E-state index >= 15 is 0 Å². The van der Waals surface area contributed by atoms with Crippen LogP contribution in [0.25, 0.3) is 0 Å². The van der Waals surface area contributed by atoms with Gasteiger partial charge in [-0.1, -0.05) is 97.1 Å². The Labute approximate surface area is 233 Å². The first-order valence-electron chi connectivity index (χ1n) is 13.3. The van der Waals surface area contributed by atoms with Crippen LogP contribution in [0.3, 0.4) is 0 Å². The summed E-state index contributed by atoms with van der Waals surface area (Å²) in [5.74, 6) is -1.40. The summed E-state index contributed by atoms with van der Waals surface area (Å²) < 4.78 is 26.2. The molecule has 0 N–H and O–H groups in total. The third-order valence-electron chi connectivity index (χ3n) is 7.39. The quantitative estimate of drug-likeness (QED) is 0.176. The molecule has 8 nitrogen and oxygen atoms in total. The number of hydrogen-bond donors (Lipinski definition) is 0. The highest BCUT2D eigenvalue weighted by atomic mass is 16.8. The number of carbonyl (C=O) groups is 1. The van der Waals surface area contributed by atoms with Crippen molar-refractivity contribution in [1.29, 1.82) is 0 Å². The van der Waals surface area contributed by atoms with Crippen LogP contribution in [-0.4, -0.2) is 52.4 Å². The summed E-state index contributed by atoms with van der Waals surface area (Å²) in [5.41, 5.74) is 3.10. The Morgan fingerprint density at radius 1 is 0.900 bits per heavy atom. The van der Waals surface area contributed by atoms with E-state index in [1.165, 1.54) is 13.4 Å². The summed E-state index contributed by atoms with van der Waals surface area (Å²) in [6.45, 7) is 4.06. The molecule has 2 aliphatic rings. The lowest BCUT2D eigenvalue weighted by molar-refractivity contribution is -0.149. The van der Waals surface area contributed by atoms with Gasteiger partial charge in [0, 0.05) is 0 Å². The van der Waals surface area contributed by atoms with Gasteiger partial charge in [0.15, 0.2) is 5.79 Å². The molecule has 1 saturated heterocycles. The molecule has 0 saturated carbocycles. The summed E-state index contributed by atoms with van der Waals surface area (Å²) in [6.07, 6.45) is 2.85. The lowest BCUT2D eigenvalue weighted by Crippen LogP contribution is -2.35. The SMILES string of the molecule is COC(=O)c1ncn(C2C=C(COC(c3ccccc3)(c3ccccc3)c3ccccc3)C3OC(C)(C)OC32)n1. The molecule has 0 amide bonds. The van der Waals surface area contributed by atoms with Crippen molar-refractivity contribution in [2.75, 3.05) is 13.7 Å². The molecule has 1 aromatic heterocycles. The standard InChI is InChI=1S/C32H31N3O5/c1-31(2)39-27-22(19-26(28(27)40-31)35-21-33-29(34-35)30(36)37-3)20-38-32(23-13-7-4-8-14-23,24-15-9-5-10-16-24)25-17-11-6-12-18-25/h4-19,21,26-28H,20H2,1-3H3. The Kier molecular flexibility index (Phi) is 6.83. The molecule has 8 heteroatoms. The first-order chi connectivity index (χ1) is 19.4. The minimum absolute atomic E-state index is 0.00780. The van der Waals surface area contributed by atoms with Crippen LogP contribution in [-0.2, 0) is 24.5 Å². The number of carbonyl (C=O) groups excluding carboxylic acids is 1. The van der Waals surface area contributed by atoms with Crippen LogP contribution < -0.4 is 0 Å². The average molecular weight is 538 g/mol. The van der Waals surface area contributed by atoms with Crippen molar-refractivity contribution in [3.05, 3.63) is 131 Å². The molecular weight excluding hydrogens is 506 g/mol. The third kappa shape index (κ3) is 4.64. The number of nitrogens with zero attached hydrogens (tertiary/aromatic N) is 3. The van der Waals surface area contributed by atoms with Crippen LogP contribution in [0.5, 0.6) is 0 Å². The lowest BCUT2D eigenvalue weighted by Gasteiger charge is -2.36. The Morgan fingerprint density at radius 3 is 1.98 bits per heavy atom. The number of methoxy groups -OCH3 is 1. The molecular formula is C32H31N3O5. The van der Waals surface area contributed by atoms with Gasteiger partial charge < -0.3 is 18.9 Å². The molecule has 204 valence electrons. The fourth-order valence-corrected chi connectivity index (χ4v) is 5.66. The molecule has 0 spiro atoms. The van der Waals surface area contributed by atoms with E-state index in [1.807, 2.05) is 74.5 Å². The van der Waals surface area contributed by atoms with E-state index in [-0.39, 0.29) is 30.7 Å². The van der Waals surface area contributed by atoms with Crippen molar-refractivity contribution in [3.8, 4) is 0 Å². The summed E-state index contributed by atoms with van der Waals surface area (Å²) in [6, 6.07) is 30.4. The smallest absolute Gasteiger partial charge is 0.377 e. The fourth-order valence-electron chi connectivity index (χ4n) is 5.66. The molecule has 0 radical (unpaired) electrons. The van der Waals surface area contributed by atoms with E-state index in [0.29, 0.717) is 0 Å². The minimum Gasteiger partial charge on any atom is -0.463 e. The zero-order chi connectivity index (χ0) is 27.7. The van der Waals surface area contributed by atoms with Crippen molar-refractivity contribution >= 4 is 5.97 Å².